The van der Waals surface area contributed by atoms with E-state index in [2.05, 4.69) is 0 Å². The van der Waals surface area contributed by atoms with Gasteiger partial charge in [0.1, 0.15) is 11.6 Å². The number of rotatable bonds is 6. The van der Waals surface area contributed by atoms with Crippen molar-refractivity contribution in [3.8, 4) is 0 Å². The maximum absolute atomic E-state index is 13.7. The van der Waals surface area contributed by atoms with Crippen LogP contribution in [0, 0.1) is 11.6 Å². The molecule has 2 rings (SSSR count). The van der Waals surface area contributed by atoms with Crippen molar-refractivity contribution < 1.29 is 18.6 Å². The molecule has 106 valence electrons. The van der Waals surface area contributed by atoms with Crippen LogP contribution in [0.2, 0.25) is 0 Å². The molecule has 1 aliphatic heterocycles. The zero-order valence-corrected chi connectivity index (χ0v) is 10.6. The standard InChI is InChI=1S/C13H18F2N2O2/c14-9-5-10-11(12(15)6-9)8-17(13(10)7-16)1-3-19-4-2-18/h5-6,13,18H,1-4,7-8,16H2. The number of nitrogens with two attached hydrogens (primary N) is 1. The summed E-state index contributed by atoms with van der Waals surface area (Å²) in [6.45, 7) is 1.95. The van der Waals surface area contributed by atoms with Crippen molar-refractivity contribution in [2.75, 3.05) is 32.9 Å². The molecule has 0 fully saturated rings. The summed E-state index contributed by atoms with van der Waals surface area (Å²) in [5.74, 6) is -1.10. The van der Waals surface area contributed by atoms with E-state index in [0.717, 1.165) is 6.07 Å². The second-order valence-corrected chi connectivity index (χ2v) is 4.51. The summed E-state index contributed by atoms with van der Waals surface area (Å²) in [6.07, 6.45) is 0. The van der Waals surface area contributed by atoms with Crippen molar-refractivity contribution in [2.24, 2.45) is 5.73 Å². The van der Waals surface area contributed by atoms with E-state index < -0.39 is 11.6 Å². The predicted octanol–water partition coefficient (Wildman–Crippen LogP) is 0.789. The quantitative estimate of drug-likeness (QED) is 0.752. The first-order valence-electron chi connectivity index (χ1n) is 6.28. The molecule has 0 amide bonds. The molecule has 1 aromatic rings. The summed E-state index contributed by atoms with van der Waals surface area (Å²) in [4.78, 5) is 1.96. The first-order valence-corrected chi connectivity index (χ1v) is 6.28. The van der Waals surface area contributed by atoms with Gasteiger partial charge in [0.05, 0.1) is 19.8 Å². The molecular weight excluding hydrogens is 254 g/mol. The number of aliphatic hydroxyl groups excluding tert-OH is 1. The average Bonchev–Trinajstić information content (AvgIpc) is 2.72. The van der Waals surface area contributed by atoms with Crippen LogP contribution < -0.4 is 5.73 Å². The Bertz CT molecular complexity index is 443. The number of halogens is 2. The first kappa shape index (κ1) is 14.3. The smallest absolute Gasteiger partial charge is 0.130 e. The fourth-order valence-corrected chi connectivity index (χ4v) is 2.46. The molecule has 0 saturated heterocycles. The van der Waals surface area contributed by atoms with E-state index >= 15 is 0 Å². The fourth-order valence-electron chi connectivity index (χ4n) is 2.46. The Hall–Kier alpha value is -1.08. The molecule has 0 radical (unpaired) electrons. The van der Waals surface area contributed by atoms with E-state index in [4.69, 9.17) is 15.6 Å². The van der Waals surface area contributed by atoms with Crippen LogP contribution in [0.5, 0.6) is 0 Å². The lowest BCUT2D eigenvalue weighted by Crippen LogP contribution is -2.31. The minimum Gasteiger partial charge on any atom is -0.394 e. The molecule has 0 aliphatic carbocycles. The number of hydrogen-bond donors (Lipinski definition) is 2. The second-order valence-electron chi connectivity index (χ2n) is 4.51. The lowest BCUT2D eigenvalue weighted by molar-refractivity contribution is 0.0656. The summed E-state index contributed by atoms with van der Waals surface area (Å²) in [5.41, 5.74) is 6.84. The van der Waals surface area contributed by atoms with Crippen LogP contribution in [0.15, 0.2) is 12.1 Å². The van der Waals surface area contributed by atoms with Crippen molar-refractivity contribution in [1.82, 2.24) is 4.90 Å². The lowest BCUT2D eigenvalue weighted by atomic mass is 10.0. The van der Waals surface area contributed by atoms with Gasteiger partial charge in [-0.2, -0.15) is 0 Å². The summed E-state index contributed by atoms with van der Waals surface area (Å²) in [6, 6.07) is 2.07. The number of nitrogens with zero attached hydrogens (tertiary/aromatic N) is 1. The highest BCUT2D eigenvalue weighted by molar-refractivity contribution is 5.36. The van der Waals surface area contributed by atoms with Gasteiger partial charge in [-0.3, -0.25) is 4.90 Å². The van der Waals surface area contributed by atoms with Crippen molar-refractivity contribution >= 4 is 0 Å². The number of fused-ring (bicyclic) bond motifs is 1. The molecule has 1 atom stereocenters. The van der Waals surface area contributed by atoms with Crippen LogP contribution in [-0.4, -0.2) is 42.9 Å². The second kappa shape index (κ2) is 6.38. The third-order valence-electron chi connectivity index (χ3n) is 3.34. The highest BCUT2D eigenvalue weighted by Crippen LogP contribution is 2.34. The van der Waals surface area contributed by atoms with Crippen molar-refractivity contribution in [1.29, 1.82) is 0 Å². The van der Waals surface area contributed by atoms with Crippen molar-refractivity contribution in [3.63, 3.8) is 0 Å². The van der Waals surface area contributed by atoms with Gasteiger partial charge in [0.2, 0.25) is 0 Å². The zero-order chi connectivity index (χ0) is 13.8. The molecular formula is C13H18F2N2O2. The minimum absolute atomic E-state index is 0.0274. The Labute approximate surface area is 110 Å². The summed E-state index contributed by atoms with van der Waals surface area (Å²) >= 11 is 0. The van der Waals surface area contributed by atoms with Crippen LogP contribution >= 0.6 is 0 Å². The van der Waals surface area contributed by atoms with E-state index in [1.807, 2.05) is 4.90 Å². The fraction of sp³-hybridized carbons (Fsp3) is 0.538. The van der Waals surface area contributed by atoms with Crippen LogP contribution in [0.4, 0.5) is 8.78 Å². The molecule has 4 nitrogen and oxygen atoms in total. The third kappa shape index (κ3) is 3.09. The topological polar surface area (TPSA) is 58.7 Å². The molecule has 1 heterocycles. The highest BCUT2D eigenvalue weighted by atomic mass is 19.1. The van der Waals surface area contributed by atoms with Crippen LogP contribution in [0.3, 0.4) is 0 Å². The molecule has 0 saturated carbocycles. The number of hydrogen-bond acceptors (Lipinski definition) is 4. The largest absolute Gasteiger partial charge is 0.394 e. The third-order valence-corrected chi connectivity index (χ3v) is 3.34. The van der Waals surface area contributed by atoms with Crippen LogP contribution in [0.1, 0.15) is 17.2 Å². The SMILES string of the molecule is NCC1c2cc(F)cc(F)c2CN1CCOCCO. The molecule has 3 N–H and O–H groups in total. The number of benzene rings is 1. The maximum atomic E-state index is 13.7. The normalized spacial score (nSPS) is 18.8. The summed E-state index contributed by atoms with van der Waals surface area (Å²) in [7, 11) is 0. The average molecular weight is 272 g/mol. The van der Waals surface area contributed by atoms with Gasteiger partial charge in [0, 0.05) is 37.3 Å². The van der Waals surface area contributed by atoms with Crippen molar-refractivity contribution in [3.05, 3.63) is 34.9 Å². The maximum Gasteiger partial charge on any atom is 0.130 e. The van der Waals surface area contributed by atoms with Gasteiger partial charge in [0.15, 0.2) is 0 Å². The van der Waals surface area contributed by atoms with Gasteiger partial charge in [-0.25, -0.2) is 8.78 Å². The Morgan fingerprint density at radius 3 is 2.84 bits per heavy atom. The molecule has 0 aromatic heterocycles. The summed E-state index contributed by atoms with van der Waals surface area (Å²) in [5, 5.41) is 8.62. The van der Waals surface area contributed by atoms with Crippen LogP contribution in [-0.2, 0) is 11.3 Å². The van der Waals surface area contributed by atoms with Gasteiger partial charge in [-0.15, -0.1) is 0 Å². The molecule has 6 heteroatoms. The number of ether oxygens (including phenoxy) is 1. The lowest BCUT2D eigenvalue weighted by Gasteiger charge is -2.23. The molecule has 1 unspecified atom stereocenters. The summed E-state index contributed by atoms with van der Waals surface area (Å²) < 4.78 is 32.2. The Morgan fingerprint density at radius 1 is 1.37 bits per heavy atom. The Balaban J connectivity index is 2.07. The van der Waals surface area contributed by atoms with Gasteiger partial charge < -0.3 is 15.6 Å². The van der Waals surface area contributed by atoms with E-state index in [1.165, 1.54) is 6.07 Å². The molecule has 1 aromatic carbocycles. The Kier molecular flexibility index (Phi) is 4.81. The van der Waals surface area contributed by atoms with Gasteiger partial charge in [-0.05, 0) is 11.6 Å². The van der Waals surface area contributed by atoms with Gasteiger partial charge >= 0.3 is 0 Å². The number of aliphatic hydroxyl groups is 1. The van der Waals surface area contributed by atoms with E-state index in [9.17, 15) is 8.78 Å². The zero-order valence-electron chi connectivity index (χ0n) is 10.6. The van der Waals surface area contributed by atoms with Crippen LogP contribution in [0.25, 0.3) is 0 Å². The minimum atomic E-state index is -0.576. The first-order chi connectivity index (χ1) is 9.17. The van der Waals surface area contributed by atoms with Gasteiger partial charge in [0.25, 0.3) is 0 Å². The highest BCUT2D eigenvalue weighted by Gasteiger charge is 2.31. The molecule has 19 heavy (non-hydrogen) atoms. The Morgan fingerprint density at radius 2 is 2.16 bits per heavy atom. The van der Waals surface area contributed by atoms with E-state index in [0.29, 0.717) is 37.4 Å². The molecule has 1 aliphatic rings. The monoisotopic (exact) mass is 272 g/mol. The van der Waals surface area contributed by atoms with Crippen molar-refractivity contribution in [2.45, 2.75) is 12.6 Å². The molecule has 0 spiro atoms. The molecule has 0 bridgehead atoms. The van der Waals surface area contributed by atoms with E-state index in [-0.39, 0.29) is 19.3 Å². The predicted molar refractivity (Wildman–Crippen MR) is 66.5 cm³/mol. The van der Waals surface area contributed by atoms with Gasteiger partial charge in [-0.1, -0.05) is 0 Å². The van der Waals surface area contributed by atoms with E-state index in [1.54, 1.807) is 0 Å².